The highest BCUT2D eigenvalue weighted by Crippen LogP contribution is 2.45. The molecular weight excluding hydrogens is 508 g/mol. The zero-order valence-electron chi connectivity index (χ0n) is 20.2. The molecule has 1 aromatic carbocycles. The number of nitrogens with one attached hydrogen (secondary N) is 1. The van der Waals surface area contributed by atoms with Crippen molar-refractivity contribution in [2.24, 2.45) is 0 Å². The molecule has 1 fully saturated rings. The van der Waals surface area contributed by atoms with Gasteiger partial charge in [0.05, 0.1) is 12.1 Å². The number of hydrogen-bond acceptors (Lipinski definition) is 5. The lowest BCUT2D eigenvalue weighted by molar-refractivity contribution is -0.151. The zero-order chi connectivity index (χ0) is 27.3. The fraction of sp³-hybridized carbons (Fsp3) is 0.565. The van der Waals surface area contributed by atoms with Crippen LogP contribution >= 0.6 is 0 Å². The molecule has 0 radical (unpaired) electrons. The Morgan fingerprint density at radius 3 is 2.41 bits per heavy atom. The number of aromatic nitrogens is 3. The first-order valence-corrected chi connectivity index (χ1v) is 11.6. The standard InChI is InChI=1S/C23H25F6N5O3/c1-22(2,3)37-21(36)30-12(6-11-7-15(25)16(26)9-14(11)24)8-18(35)33-10-13-4-5-17(33)19-31-32-20(34(13)19)23(27,28)29/h7,9,12-13,17H,4-6,8,10H2,1-3H3,(H,30,36)/t12-,13?,17?/m1/s1. The molecule has 1 N–H and O–H groups in total. The predicted molar refractivity (Wildman–Crippen MR) is 116 cm³/mol. The van der Waals surface area contributed by atoms with Gasteiger partial charge in [-0.05, 0) is 51.7 Å². The van der Waals surface area contributed by atoms with E-state index >= 15 is 0 Å². The summed E-state index contributed by atoms with van der Waals surface area (Å²) in [5, 5.41) is 9.44. The van der Waals surface area contributed by atoms with Gasteiger partial charge in [0.1, 0.15) is 11.4 Å². The molecule has 1 aromatic heterocycles. The smallest absolute Gasteiger partial charge is 0.444 e. The predicted octanol–water partition coefficient (Wildman–Crippen LogP) is 4.46. The number of alkyl halides is 3. The van der Waals surface area contributed by atoms with Crippen molar-refractivity contribution in [2.45, 2.75) is 76.4 Å². The van der Waals surface area contributed by atoms with E-state index in [4.69, 9.17) is 4.74 Å². The molecular formula is C23H25F6N5O3. The van der Waals surface area contributed by atoms with E-state index in [0.29, 0.717) is 25.0 Å². The third-order valence-corrected chi connectivity index (χ3v) is 6.21. The highest BCUT2D eigenvalue weighted by atomic mass is 19.4. The van der Waals surface area contributed by atoms with Gasteiger partial charge in [0, 0.05) is 25.1 Å². The van der Waals surface area contributed by atoms with E-state index < -0.39 is 71.6 Å². The normalized spacial score (nSPS) is 20.0. The molecule has 0 saturated carbocycles. The van der Waals surface area contributed by atoms with Gasteiger partial charge in [-0.2, -0.15) is 13.2 Å². The Bertz CT molecular complexity index is 1210. The second-order valence-electron chi connectivity index (χ2n) is 10.2. The lowest BCUT2D eigenvalue weighted by Crippen LogP contribution is -2.51. The largest absolute Gasteiger partial charge is 0.451 e. The van der Waals surface area contributed by atoms with Crippen molar-refractivity contribution in [3.63, 3.8) is 0 Å². The fourth-order valence-corrected chi connectivity index (χ4v) is 4.75. The van der Waals surface area contributed by atoms with Crippen LogP contribution in [0.5, 0.6) is 0 Å². The van der Waals surface area contributed by atoms with Crippen molar-refractivity contribution in [3.05, 3.63) is 46.8 Å². The average molecular weight is 533 g/mol. The number of carbonyl (C=O) groups is 2. The van der Waals surface area contributed by atoms with Gasteiger partial charge in [-0.1, -0.05) is 0 Å². The lowest BCUT2D eigenvalue weighted by atomic mass is 9.91. The fourth-order valence-electron chi connectivity index (χ4n) is 4.75. The molecule has 1 saturated heterocycles. The number of rotatable bonds is 5. The summed E-state index contributed by atoms with van der Waals surface area (Å²) in [4.78, 5) is 27.1. The van der Waals surface area contributed by atoms with E-state index in [-0.39, 0.29) is 24.4 Å². The van der Waals surface area contributed by atoms with Crippen LogP contribution in [0.15, 0.2) is 12.1 Å². The molecule has 2 aromatic rings. The quantitative estimate of drug-likeness (QED) is 0.453. The summed E-state index contributed by atoms with van der Waals surface area (Å²) in [6.07, 6.45) is -5.63. The molecule has 2 unspecified atom stereocenters. The van der Waals surface area contributed by atoms with Crippen molar-refractivity contribution >= 4 is 12.0 Å². The van der Waals surface area contributed by atoms with Crippen LogP contribution in [0.2, 0.25) is 0 Å². The molecule has 3 aliphatic heterocycles. The van der Waals surface area contributed by atoms with Crippen LogP contribution in [0.1, 0.15) is 69.3 Å². The summed E-state index contributed by atoms with van der Waals surface area (Å²) in [6, 6.07) is -1.53. The van der Waals surface area contributed by atoms with Crippen LogP contribution in [-0.4, -0.2) is 49.9 Å². The number of halogens is 6. The number of hydrogen-bond donors (Lipinski definition) is 1. The second kappa shape index (κ2) is 9.53. The highest BCUT2D eigenvalue weighted by molar-refractivity contribution is 5.79. The van der Waals surface area contributed by atoms with Crippen molar-refractivity contribution in [3.8, 4) is 0 Å². The SMILES string of the molecule is CC(C)(C)OC(=O)N[C@@H](CC(=O)N1CC2CCC1c1nnc(C(F)(F)F)n12)Cc1cc(F)c(F)cc1F. The van der Waals surface area contributed by atoms with E-state index in [1.165, 1.54) is 4.90 Å². The van der Waals surface area contributed by atoms with Gasteiger partial charge in [-0.25, -0.2) is 18.0 Å². The number of ether oxygens (including phenoxy) is 1. The van der Waals surface area contributed by atoms with Gasteiger partial charge in [0.2, 0.25) is 11.7 Å². The summed E-state index contributed by atoms with van der Waals surface area (Å²) in [5.41, 5.74) is -1.17. The van der Waals surface area contributed by atoms with Crippen LogP contribution < -0.4 is 5.32 Å². The minimum atomic E-state index is -4.70. The van der Waals surface area contributed by atoms with E-state index in [9.17, 15) is 35.9 Å². The molecule has 8 nitrogen and oxygen atoms in total. The molecule has 0 aliphatic carbocycles. The summed E-state index contributed by atoms with van der Waals surface area (Å²) in [7, 11) is 0. The maximum Gasteiger partial charge on any atom is 0.451 e. The molecule has 3 aliphatic rings. The number of nitrogens with zero attached hydrogens (tertiary/aromatic N) is 4. The van der Waals surface area contributed by atoms with E-state index in [0.717, 1.165) is 4.57 Å². The van der Waals surface area contributed by atoms with Gasteiger partial charge in [-0.3, -0.25) is 4.79 Å². The summed E-state index contributed by atoms with van der Waals surface area (Å²) < 4.78 is 87.7. The van der Waals surface area contributed by atoms with Gasteiger partial charge < -0.3 is 19.5 Å². The average Bonchev–Trinajstić information content (AvgIpc) is 3.24. The highest BCUT2D eigenvalue weighted by Gasteiger charge is 2.48. The zero-order valence-corrected chi connectivity index (χ0v) is 20.2. The maximum atomic E-state index is 14.3. The first-order valence-electron chi connectivity index (χ1n) is 11.6. The molecule has 202 valence electrons. The Labute approximate surface area is 208 Å². The van der Waals surface area contributed by atoms with Crippen LogP contribution in [-0.2, 0) is 22.1 Å². The van der Waals surface area contributed by atoms with E-state index in [1.807, 2.05) is 0 Å². The minimum absolute atomic E-state index is 0.0199. The number of fused-ring (bicyclic) bond motifs is 2. The van der Waals surface area contributed by atoms with Crippen LogP contribution in [0.25, 0.3) is 0 Å². The summed E-state index contributed by atoms with van der Waals surface area (Å²) in [5.74, 6) is -5.39. The first-order chi connectivity index (χ1) is 17.1. The third kappa shape index (κ3) is 5.67. The minimum Gasteiger partial charge on any atom is -0.444 e. The van der Waals surface area contributed by atoms with Crippen molar-refractivity contribution in [1.29, 1.82) is 0 Å². The monoisotopic (exact) mass is 533 g/mol. The van der Waals surface area contributed by atoms with Crippen LogP contribution in [0.4, 0.5) is 31.1 Å². The molecule has 2 bridgehead atoms. The number of amides is 2. The van der Waals surface area contributed by atoms with Gasteiger partial charge in [-0.15, -0.1) is 10.2 Å². The van der Waals surface area contributed by atoms with E-state index in [1.54, 1.807) is 20.8 Å². The molecule has 4 heterocycles. The number of piperidine rings is 1. The summed E-state index contributed by atoms with van der Waals surface area (Å²) in [6.45, 7) is 4.79. The Kier molecular flexibility index (Phi) is 6.88. The molecule has 2 amide bonds. The molecule has 5 rings (SSSR count). The van der Waals surface area contributed by atoms with Gasteiger partial charge >= 0.3 is 12.3 Å². The van der Waals surface area contributed by atoms with Crippen molar-refractivity contribution in [2.75, 3.05) is 6.54 Å². The molecule has 14 heteroatoms. The lowest BCUT2D eigenvalue weighted by Gasteiger charge is -2.45. The third-order valence-electron chi connectivity index (χ3n) is 6.21. The Morgan fingerprint density at radius 1 is 1.08 bits per heavy atom. The Balaban J connectivity index is 1.56. The first kappa shape index (κ1) is 26.7. The molecule has 37 heavy (non-hydrogen) atoms. The molecule has 0 spiro atoms. The van der Waals surface area contributed by atoms with Crippen LogP contribution in [0, 0.1) is 17.5 Å². The van der Waals surface area contributed by atoms with Crippen molar-refractivity contribution in [1.82, 2.24) is 25.0 Å². The summed E-state index contributed by atoms with van der Waals surface area (Å²) >= 11 is 0. The van der Waals surface area contributed by atoms with Gasteiger partial charge in [0.15, 0.2) is 17.5 Å². The topological polar surface area (TPSA) is 89.3 Å². The Hall–Kier alpha value is -3.32. The Morgan fingerprint density at radius 2 is 1.76 bits per heavy atom. The van der Waals surface area contributed by atoms with Crippen LogP contribution in [0.3, 0.4) is 0 Å². The maximum absolute atomic E-state index is 14.3. The number of alkyl carbamates (subject to hydrolysis) is 1. The van der Waals surface area contributed by atoms with E-state index in [2.05, 4.69) is 15.5 Å². The number of carbonyl (C=O) groups excluding carboxylic acids is 2. The van der Waals surface area contributed by atoms with Gasteiger partial charge in [0.25, 0.3) is 0 Å². The second-order valence-corrected chi connectivity index (χ2v) is 10.2. The van der Waals surface area contributed by atoms with Crippen molar-refractivity contribution < 1.29 is 40.7 Å². The molecule has 3 atom stereocenters. The number of benzene rings is 1.